The van der Waals surface area contributed by atoms with Crippen molar-refractivity contribution in [1.29, 1.82) is 0 Å². The van der Waals surface area contributed by atoms with Crippen LogP contribution in [0, 0.1) is 20.8 Å². The summed E-state index contributed by atoms with van der Waals surface area (Å²) < 4.78 is 0. The van der Waals surface area contributed by atoms with Crippen molar-refractivity contribution in [3.05, 3.63) is 157 Å². The van der Waals surface area contributed by atoms with Crippen molar-refractivity contribution in [2.24, 2.45) is 0 Å². The van der Waals surface area contributed by atoms with Crippen molar-refractivity contribution in [2.45, 2.75) is 70.6 Å². The van der Waals surface area contributed by atoms with Crippen molar-refractivity contribution in [3.63, 3.8) is 0 Å². The van der Waals surface area contributed by atoms with Crippen LogP contribution in [-0.2, 0) is 40.6 Å². The second-order valence-corrected chi connectivity index (χ2v) is 17.5. The molecule has 0 bridgehead atoms. The molecule has 0 amide bonds. The van der Waals surface area contributed by atoms with E-state index in [0.717, 1.165) is 16.7 Å². The molecule has 0 spiro atoms. The van der Waals surface area contributed by atoms with E-state index in [4.69, 9.17) is 0 Å². The second-order valence-electron chi connectivity index (χ2n) is 11.9. The summed E-state index contributed by atoms with van der Waals surface area (Å²) in [5.41, 5.74) is 8.16. The Balaban J connectivity index is 0.000000288. The predicted octanol–water partition coefficient (Wildman–Crippen LogP) is 10.5. The average Bonchev–Trinajstić information content (AvgIpc) is 3.28. The number of rotatable bonds is 2. The minimum atomic E-state index is -1.16. The first kappa shape index (κ1) is 34.6. The Hall–Kier alpha value is -2.45. The molecule has 1 aliphatic carbocycles. The molecular formula is C37H48SiTi. The van der Waals surface area contributed by atoms with Gasteiger partial charge in [-0.3, -0.25) is 0 Å². The Morgan fingerprint density at radius 2 is 1.05 bits per heavy atom. The van der Waals surface area contributed by atoms with Gasteiger partial charge in [-0.2, -0.15) is 96.6 Å². The standard InChI is InChI=1S/C16H27Si.3C7H7.Ti/c1-16(2,3)17(4,5)12-13-10-14-8-6-7-9-15(14)11-13;3*1-7-5-3-2-4-6-7;/h10-11H,6-9,12H2,1-5H3;3*2-6H,1H2;/q4*-1;+4. The van der Waals surface area contributed by atoms with E-state index in [1.165, 1.54) is 31.7 Å². The molecule has 0 radical (unpaired) electrons. The largest absolute Gasteiger partial charge is 4.00 e. The molecule has 1 aliphatic rings. The fourth-order valence-electron chi connectivity index (χ4n) is 4.08. The third kappa shape index (κ3) is 13.4. The van der Waals surface area contributed by atoms with Gasteiger partial charge in [0.1, 0.15) is 0 Å². The van der Waals surface area contributed by atoms with Gasteiger partial charge in [0.2, 0.25) is 0 Å². The van der Waals surface area contributed by atoms with Gasteiger partial charge < -0.3 is 0 Å². The Bertz CT molecular complexity index is 1040. The molecular weight excluding hydrogens is 520 g/mol. The minimum Gasteiger partial charge on any atom is -0.207 e. The van der Waals surface area contributed by atoms with Gasteiger partial charge in [0.25, 0.3) is 0 Å². The molecule has 39 heavy (non-hydrogen) atoms. The molecule has 0 saturated carbocycles. The molecule has 0 heterocycles. The van der Waals surface area contributed by atoms with Crippen LogP contribution in [0.15, 0.2) is 103 Å². The first-order valence-electron chi connectivity index (χ1n) is 13.9. The summed E-state index contributed by atoms with van der Waals surface area (Å²) in [7, 11) is -1.16. The predicted molar refractivity (Wildman–Crippen MR) is 172 cm³/mol. The third-order valence-electron chi connectivity index (χ3n) is 7.48. The van der Waals surface area contributed by atoms with E-state index in [9.17, 15) is 0 Å². The molecule has 4 aromatic rings. The molecule has 5 rings (SSSR count). The normalized spacial score (nSPS) is 12.0. The Labute approximate surface area is 256 Å². The Morgan fingerprint density at radius 3 is 1.36 bits per heavy atom. The van der Waals surface area contributed by atoms with Gasteiger partial charge in [-0.15, -0.1) is 36.4 Å². The van der Waals surface area contributed by atoms with Crippen LogP contribution in [-0.4, -0.2) is 8.07 Å². The maximum Gasteiger partial charge on any atom is 4.00 e. The average molecular weight is 569 g/mol. The molecule has 0 atom stereocenters. The van der Waals surface area contributed by atoms with E-state index in [1.54, 1.807) is 16.7 Å². The third-order valence-corrected chi connectivity index (χ3v) is 12.8. The fourth-order valence-corrected chi connectivity index (χ4v) is 5.84. The molecule has 0 unspecified atom stereocenters. The first-order chi connectivity index (χ1) is 18.0. The fraction of sp³-hybridized carbons (Fsp3) is 0.297. The maximum absolute atomic E-state index is 3.72. The minimum absolute atomic E-state index is 0. The number of fused-ring (bicyclic) bond motifs is 1. The van der Waals surface area contributed by atoms with Gasteiger partial charge >= 0.3 is 21.7 Å². The van der Waals surface area contributed by atoms with Crippen LogP contribution in [0.3, 0.4) is 0 Å². The van der Waals surface area contributed by atoms with Crippen molar-refractivity contribution >= 4 is 8.07 Å². The summed E-state index contributed by atoms with van der Waals surface area (Å²) in [5.74, 6) is 0. The smallest absolute Gasteiger partial charge is 0.207 e. The maximum atomic E-state index is 3.72. The van der Waals surface area contributed by atoms with Crippen LogP contribution < -0.4 is 0 Å². The van der Waals surface area contributed by atoms with E-state index in [1.807, 2.05) is 91.0 Å². The number of benzene rings is 3. The van der Waals surface area contributed by atoms with E-state index >= 15 is 0 Å². The monoisotopic (exact) mass is 568 g/mol. The van der Waals surface area contributed by atoms with Gasteiger partial charge in [-0.25, -0.2) is 6.07 Å². The number of hydrogen-bond acceptors (Lipinski definition) is 0. The van der Waals surface area contributed by atoms with Crippen molar-refractivity contribution in [3.8, 4) is 0 Å². The molecule has 2 heteroatoms. The van der Waals surface area contributed by atoms with E-state index in [-0.39, 0.29) is 21.7 Å². The Morgan fingerprint density at radius 1 is 0.667 bits per heavy atom. The molecule has 0 N–H and O–H groups in total. The molecule has 0 fully saturated rings. The van der Waals surface area contributed by atoms with E-state index < -0.39 is 8.07 Å². The zero-order valence-corrected chi connectivity index (χ0v) is 27.5. The van der Waals surface area contributed by atoms with Crippen LogP contribution in [0.25, 0.3) is 0 Å². The van der Waals surface area contributed by atoms with Crippen molar-refractivity contribution in [1.82, 2.24) is 0 Å². The number of hydrogen-bond donors (Lipinski definition) is 0. The summed E-state index contributed by atoms with van der Waals surface area (Å²) in [6, 6.07) is 36.0. The topological polar surface area (TPSA) is 0 Å². The van der Waals surface area contributed by atoms with Gasteiger partial charge in [0, 0.05) is 0 Å². The SMILES string of the molecule is CC(C)(C)[Si](C)(C)Cc1cc2c([cH-]1)CCCC2.[CH2-]c1ccccc1.[CH2-]c1ccccc1.[CH2-]c1ccccc1.[Ti+4]. The molecule has 4 aromatic carbocycles. The van der Waals surface area contributed by atoms with Gasteiger partial charge in [0.15, 0.2) is 0 Å². The summed E-state index contributed by atoms with van der Waals surface area (Å²) in [6.45, 7) is 23.5. The molecule has 0 nitrogen and oxygen atoms in total. The van der Waals surface area contributed by atoms with Gasteiger partial charge in [0.05, 0.1) is 8.07 Å². The van der Waals surface area contributed by atoms with Crippen molar-refractivity contribution < 1.29 is 21.7 Å². The molecule has 0 saturated heterocycles. The van der Waals surface area contributed by atoms with E-state index in [2.05, 4.69) is 66.8 Å². The zero-order chi connectivity index (χ0) is 28.0. The summed E-state index contributed by atoms with van der Waals surface area (Å²) >= 11 is 0. The van der Waals surface area contributed by atoms with Crippen LogP contribution in [0.5, 0.6) is 0 Å². The number of aryl methyl sites for hydroxylation is 2. The van der Waals surface area contributed by atoms with Crippen LogP contribution in [0.2, 0.25) is 18.1 Å². The summed E-state index contributed by atoms with van der Waals surface area (Å²) in [4.78, 5) is 0. The van der Waals surface area contributed by atoms with E-state index in [0.29, 0.717) is 5.04 Å². The summed E-state index contributed by atoms with van der Waals surface area (Å²) in [6.07, 6.45) is 5.45. The van der Waals surface area contributed by atoms with Crippen LogP contribution in [0.4, 0.5) is 0 Å². The van der Waals surface area contributed by atoms with Gasteiger partial charge in [-0.1, -0.05) is 83.8 Å². The molecule has 204 valence electrons. The van der Waals surface area contributed by atoms with Crippen LogP contribution >= 0.6 is 0 Å². The van der Waals surface area contributed by atoms with Gasteiger partial charge in [-0.05, 0) is 5.04 Å². The summed E-state index contributed by atoms with van der Waals surface area (Å²) in [5, 5.41) is 0.505. The molecule has 0 aromatic heterocycles. The molecule has 0 aliphatic heterocycles. The first-order valence-corrected chi connectivity index (χ1v) is 17.1. The second kappa shape index (κ2) is 17.3. The Kier molecular flexibility index (Phi) is 15.3. The zero-order valence-electron chi connectivity index (χ0n) is 25.0. The van der Waals surface area contributed by atoms with Crippen molar-refractivity contribution in [2.75, 3.05) is 0 Å². The van der Waals surface area contributed by atoms with Crippen LogP contribution in [0.1, 0.15) is 67.0 Å². The quantitative estimate of drug-likeness (QED) is 0.167.